The van der Waals surface area contributed by atoms with Gasteiger partial charge >= 0.3 is 5.97 Å². The highest BCUT2D eigenvalue weighted by atomic mass is 16.4. The highest BCUT2D eigenvalue weighted by Gasteiger charge is 2.14. The zero-order valence-corrected chi connectivity index (χ0v) is 11.3. The lowest BCUT2D eigenvalue weighted by Crippen LogP contribution is -2.20. The van der Waals surface area contributed by atoms with Crippen LogP contribution in [0, 0.1) is 13.8 Å². The van der Waals surface area contributed by atoms with E-state index in [-0.39, 0.29) is 18.0 Å². The van der Waals surface area contributed by atoms with E-state index in [2.05, 4.69) is 10.4 Å². The Hall–Kier alpha value is -2.63. The Morgan fingerprint density at radius 1 is 1.35 bits per heavy atom. The zero-order chi connectivity index (χ0) is 14.7. The fourth-order valence-corrected chi connectivity index (χ4v) is 1.88. The number of aromatic carboxylic acids is 1. The molecule has 0 aliphatic rings. The highest BCUT2D eigenvalue weighted by molar-refractivity contribution is 5.91. The maximum atomic E-state index is 11.9. The summed E-state index contributed by atoms with van der Waals surface area (Å²) < 4.78 is 1.37. The molecule has 2 N–H and O–H groups in total. The Labute approximate surface area is 116 Å². The molecular weight excluding hydrogens is 258 g/mol. The van der Waals surface area contributed by atoms with E-state index in [9.17, 15) is 9.59 Å². The second-order valence-electron chi connectivity index (χ2n) is 4.52. The molecule has 0 aliphatic heterocycles. The Bertz CT molecular complexity index is 661. The molecule has 104 valence electrons. The quantitative estimate of drug-likeness (QED) is 0.890. The third-order valence-corrected chi connectivity index (χ3v) is 2.93. The number of benzene rings is 1. The molecule has 6 nitrogen and oxygen atoms in total. The summed E-state index contributed by atoms with van der Waals surface area (Å²) in [6, 6.07) is 7.44. The van der Waals surface area contributed by atoms with Gasteiger partial charge in [-0.25, -0.2) is 4.79 Å². The first-order valence-corrected chi connectivity index (χ1v) is 6.09. The molecule has 0 bridgehead atoms. The van der Waals surface area contributed by atoms with Crippen LogP contribution in [-0.2, 0) is 11.3 Å². The SMILES string of the molecule is Cc1cccc(NC(=O)Cn2ncc(C(=O)O)c2C)c1. The van der Waals surface area contributed by atoms with Crippen molar-refractivity contribution in [2.24, 2.45) is 0 Å². The number of amides is 1. The Morgan fingerprint density at radius 2 is 2.10 bits per heavy atom. The molecule has 2 rings (SSSR count). The Morgan fingerprint density at radius 3 is 2.70 bits per heavy atom. The van der Waals surface area contributed by atoms with E-state index >= 15 is 0 Å². The van der Waals surface area contributed by atoms with Gasteiger partial charge in [0.15, 0.2) is 0 Å². The first-order valence-electron chi connectivity index (χ1n) is 6.09. The van der Waals surface area contributed by atoms with Crippen LogP contribution in [0.25, 0.3) is 0 Å². The maximum absolute atomic E-state index is 11.9. The minimum absolute atomic E-state index is 0.0208. The van der Waals surface area contributed by atoms with Crippen LogP contribution in [0.5, 0.6) is 0 Å². The van der Waals surface area contributed by atoms with Crippen molar-refractivity contribution in [2.75, 3.05) is 5.32 Å². The number of carboxylic acid groups (broad SMARTS) is 1. The largest absolute Gasteiger partial charge is 0.478 e. The smallest absolute Gasteiger partial charge is 0.339 e. The third-order valence-electron chi connectivity index (χ3n) is 2.93. The number of carbonyl (C=O) groups excluding carboxylic acids is 1. The van der Waals surface area contributed by atoms with Crippen LogP contribution in [0.4, 0.5) is 5.69 Å². The number of hydrogen-bond donors (Lipinski definition) is 2. The molecule has 0 atom stereocenters. The van der Waals surface area contributed by atoms with Crippen LogP contribution >= 0.6 is 0 Å². The number of anilines is 1. The molecule has 2 aromatic rings. The maximum Gasteiger partial charge on any atom is 0.339 e. The number of hydrogen-bond acceptors (Lipinski definition) is 3. The fraction of sp³-hybridized carbons (Fsp3) is 0.214. The summed E-state index contributed by atoms with van der Waals surface area (Å²) in [6.45, 7) is 3.54. The van der Waals surface area contributed by atoms with Gasteiger partial charge in [0.05, 0.1) is 11.9 Å². The molecule has 1 aromatic heterocycles. The lowest BCUT2D eigenvalue weighted by atomic mass is 10.2. The highest BCUT2D eigenvalue weighted by Crippen LogP contribution is 2.11. The molecule has 1 aromatic carbocycles. The fourth-order valence-electron chi connectivity index (χ4n) is 1.88. The van der Waals surface area contributed by atoms with Crippen LogP contribution in [0.2, 0.25) is 0 Å². The number of nitrogens with zero attached hydrogens (tertiary/aromatic N) is 2. The van der Waals surface area contributed by atoms with Crippen LogP contribution in [0.1, 0.15) is 21.6 Å². The number of aryl methyl sites for hydroxylation is 1. The average molecular weight is 273 g/mol. The van der Waals surface area contributed by atoms with Crippen molar-refractivity contribution in [2.45, 2.75) is 20.4 Å². The second-order valence-corrected chi connectivity index (χ2v) is 4.52. The lowest BCUT2D eigenvalue weighted by molar-refractivity contribution is -0.116. The number of carboxylic acids is 1. The molecule has 1 amide bonds. The van der Waals surface area contributed by atoms with Crippen molar-refractivity contribution in [3.63, 3.8) is 0 Å². The average Bonchev–Trinajstić information content (AvgIpc) is 2.71. The van der Waals surface area contributed by atoms with Gasteiger partial charge in [0.25, 0.3) is 0 Å². The van der Waals surface area contributed by atoms with Crippen molar-refractivity contribution in [3.8, 4) is 0 Å². The normalized spacial score (nSPS) is 10.3. The topological polar surface area (TPSA) is 84.2 Å². The first kappa shape index (κ1) is 13.8. The summed E-state index contributed by atoms with van der Waals surface area (Å²) >= 11 is 0. The van der Waals surface area contributed by atoms with Gasteiger partial charge in [-0.05, 0) is 31.5 Å². The minimum atomic E-state index is -1.05. The second kappa shape index (κ2) is 5.56. The minimum Gasteiger partial charge on any atom is -0.478 e. The summed E-state index contributed by atoms with van der Waals surface area (Å²) in [7, 11) is 0. The lowest BCUT2D eigenvalue weighted by Gasteiger charge is -2.07. The van der Waals surface area contributed by atoms with Crippen molar-refractivity contribution in [1.82, 2.24) is 9.78 Å². The van der Waals surface area contributed by atoms with Gasteiger partial charge in [0.1, 0.15) is 12.1 Å². The van der Waals surface area contributed by atoms with Crippen LogP contribution in [0.15, 0.2) is 30.5 Å². The van der Waals surface area contributed by atoms with Gasteiger partial charge in [-0.3, -0.25) is 9.48 Å². The monoisotopic (exact) mass is 273 g/mol. The molecule has 6 heteroatoms. The van der Waals surface area contributed by atoms with Gasteiger partial charge in [-0.1, -0.05) is 12.1 Å². The van der Waals surface area contributed by atoms with E-state index in [1.807, 2.05) is 25.1 Å². The van der Waals surface area contributed by atoms with E-state index in [0.717, 1.165) is 5.56 Å². The molecule has 0 aliphatic carbocycles. The number of nitrogens with one attached hydrogen (secondary N) is 1. The van der Waals surface area contributed by atoms with Crippen LogP contribution in [0.3, 0.4) is 0 Å². The Balaban J connectivity index is 2.07. The van der Waals surface area contributed by atoms with Gasteiger partial charge in [0.2, 0.25) is 5.91 Å². The summed E-state index contributed by atoms with van der Waals surface area (Å²) in [6.07, 6.45) is 1.25. The predicted octanol–water partition coefficient (Wildman–Crippen LogP) is 1.84. The molecule has 0 saturated carbocycles. The van der Waals surface area contributed by atoms with E-state index < -0.39 is 5.97 Å². The van der Waals surface area contributed by atoms with Crippen LogP contribution < -0.4 is 5.32 Å². The number of aromatic nitrogens is 2. The van der Waals surface area contributed by atoms with Crippen LogP contribution in [-0.4, -0.2) is 26.8 Å². The summed E-state index contributed by atoms with van der Waals surface area (Å²) in [5.74, 6) is -1.30. The molecule has 0 fully saturated rings. The predicted molar refractivity (Wildman–Crippen MR) is 73.7 cm³/mol. The molecule has 0 radical (unpaired) electrons. The molecule has 20 heavy (non-hydrogen) atoms. The van der Waals surface area contributed by atoms with Crippen molar-refractivity contribution >= 4 is 17.6 Å². The Kier molecular flexibility index (Phi) is 3.84. The molecule has 0 unspecified atom stereocenters. The number of carbonyl (C=O) groups is 2. The van der Waals surface area contributed by atoms with Gasteiger partial charge in [0, 0.05) is 5.69 Å². The molecule has 0 saturated heterocycles. The van der Waals surface area contributed by atoms with Crippen molar-refractivity contribution in [1.29, 1.82) is 0 Å². The van der Waals surface area contributed by atoms with E-state index in [1.54, 1.807) is 13.0 Å². The van der Waals surface area contributed by atoms with E-state index in [0.29, 0.717) is 11.4 Å². The van der Waals surface area contributed by atoms with Crippen molar-refractivity contribution in [3.05, 3.63) is 47.3 Å². The summed E-state index contributed by atoms with van der Waals surface area (Å²) in [4.78, 5) is 22.8. The number of rotatable bonds is 4. The first-order chi connectivity index (χ1) is 9.47. The summed E-state index contributed by atoms with van der Waals surface area (Å²) in [5, 5.41) is 15.6. The standard InChI is InChI=1S/C14H15N3O3/c1-9-4-3-5-11(6-9)16-13(18)8-17-10(2)12(7-15-17)14(19)20/h3-7H,8H2,1-2H3,(H,16,18)(H,19,20). The molecule has 1 heterocycles. The third kappa shape index (κ3) is 3.03. The molecule has 0 spiro atoms. The van der Waals surface area contributed by atoms with E-state index in [4.69, 9.17) is 5.11 Å². The van der Waals surface area contributed by atoms with Crippen molar-refractivity contribution < 1.29 is 14.7 Å². The van der Waals surface area contributed by atoms with Gasteiger partial charge in [-0.15, -0.1) is 0 Å². The molecular formula is C14H15N3O3. The summed E-state index contributed by atoms with van der Waals surface area (Å²) in [5.41, 5.74) is 2.31. The van der Waals surface area contributed by atoms with Gasteiger partial charge < -0.3 is 10.4 Å². The van der Waals surface area contributed by atoms with Gasteiger partial charge in [-0.2, -0.15) is 5.10 Å². The van der Waals surface area contributed by atoms with E-state index in [1.165, 1.54) is 10.9 Å². The zero-order valence-electron chi connectivity index (χ0n) is 11.3.